The van der Waals surface area contributed by atoms with E-state index in [0.29, 0.717) is 11.5 Å². The molecule has 0 saturated heterocycles. The molecule has 1 nitrogen and oxygen atoms in total. The first-order valence-corrected chi connectivity index (χ1v) is 7.84. The molecule has 0 radical (unpaired) electrons. The van der Waals surface area contributed by atoms with Crippen LogP contribution in [0, 0.1) is 5.92 Å². The lowest BCUT2D eigenvalue weighted by atomic mass is 9.78. The molecule has 1 heteroatoms. The molecule has 1 N–H and O–H groups in total. The van der Waals surface area contributed by atoms with E-state index in [1.54, 1.807) is 0 Å². The Bertz CT molecular complexity index is 387. The maximum absolute atomic E-state index is 3.49. The summed E-state index contributed by atoms with van der Waals surface area (Å²) in [5.74, 6) is 0.948. The van der Waals surface area contributed by atoms with E-state index in [4.69, 9.17) is 0 Å². The third-order valence-electron chi connectivity index (χ3n) is 5.12. The van der Waals surface area contributed by atoms with Crippen molar-refractivity contribution in [1.82, 2.24) is 5.32 Å². The molecule has 1 fully saturated rings. The van der Waals surface area contributed by atoms with Crippen molar-refractivity contribution in [2.75, 3.05) is 7.05 Å². The Kier molecular flexibility index (Phi) is 4.67. The van der Waals surface area contributed by atoms with E-state index >= 15 is 0 Å². The van der Waals surface area contributed by atoms with Crippen molar-refractivity contribution in [2.45, 2.75) is 64.3 Å². The van der Waals surface area contributed by atoms with Crippen molar-refractivity contribution in [3.8, 4) is 0 Å². The molecule has 19 heavy (non-hydrogen) atoms. The summed E-state index contributed by atoms with van der Waals surface area (Å²) in [5, 5.41) is 3.49. The predicted molar refractivity (Wildman–Crippen MR) is 83.5 cm³/mol. The molecule has 0 aromatic heterocycles. The van der Waals surface area contributed by atoms with Crippen molar-refractivity contribution in [3.63, 3.8) is 0 Å². The molecule has 1 aliphatic rings. The quantitative estimate of drug-likeness (QED) is 0.772. The van der Waals surface area contributed by atoms with Gasteiger partial charge < -0.3 is 5.32 Å². The summed E-state index contributed by atoms with van der Waals surface area (Å²) in [6.45, 7) is 6.92. The first-order valence-electron chi connectivity index (χ1n) is 7.84. The highest BCUT2D eigenvalue weighted by Gasteiger charge is 2.23. The van der Waals surface area contributed by atoms with Crippen LogP contribution in [0.1, 0.15) is 70.0 Å². The van der Waals surface area contributed by atoms with Crippen molar-refractivity contribution >= 4 is 0 Å². The van der Waals surface area contributed by atoms with Gasteiger partial charge in [-0.1, -0.05) is 64.3 Å². The van der Waals surface area contributed by atoms with Crippen LogP contribution in [0.5, 0.6) is 0 Å². The largest absolute Gasteiger partial charge is 0.313 e. The van der Waals surface area contributed by atoms with Gasteiger partial charge in [0.25, 0.3) is 0 Å². The van der Waals surface area contributed by atoms with Gasteiger partial charge in [0.15, 0.2) is 0 Å². The lowest BCUT2D eigenvalue weighted by Crippen LogP contribution is -2.23. The van der Waals surface area contributed by atoms with Crippen LogP contribution < -0.4 is 5.32 Å². The SMILES string of the molecule is CCC(C)(C)c1ccc(C(CC2CCC2)NC)cc1. The maximum Gasteiger partial charge on any atom is 0.0320 e. The summed E-state index contributed by atoms with van der Waals surface area (Å²) in [6.07, 6.45) is 6.78. The van der Waals surface area contributed by atoms with Gasteiger partial charge in [0, 0.05) is 6.04 Å². The average Bonchev–Trinajstić information content (AvgIpc) is 2.38. The maximum atomic E-state index is 3.49. The monoisotopic (exact) mass is 259 g/mol. The Morgan fingerprint density at radius 3 is 2.26 bits per heavy atom. The molecule has 1 aromatic carbocycles. The fraction of sp³-hybridized carbons (Fsp3) is 0.667. The van der Waals surface area contributed by atoms with Crippen LogP contribution in [-0.2, 0) is 5.41 Å². The van der Waals surface area contributed by atoms with E-state index in [-0.39, 0.29) is 0 Å². The van der Waals surface area contributed by atoms with E-state index in [1.165, 1.54) is 43.2 Å². The summed E-state index contributed by atoms with van der Waals surface area (Å²) in [4.78, 5) is 0. The molecule has 0 amide bonds. The highest BCUT2D eigenvalue weighted by atomic mass is 14.9. The standard InChI is InChI=1S/C18H29N/c1-5-18(2,3)16-11-9-15(10-12-16)17(19-4)13-14-7-6-8-14/h9-12,14,17,19H,5-8,13H2,1-4H3. The van der Waals surface area contributed by atoms with Crippen molar-refractivity contribution in [3.05, 3.63) is 35.4 Å². The molecule has 0 heterocycles. The lowest BCUT2D eigenvalue weighted by molar-refractivity contribution is 0.265. The zero-order valence-electron chi connectivity index (χ0n) is 13.0. The Morgan fingerprint density at radius 2 is 1.84 bits per heavy atom. The molecule has 1 aromatic rings. The van der Waals surface area contributed by atoms with E-state index < -0.39 is 0 Å². The molecular weight excluding hydrogens is 230 g/mol. The molecular formula is C18H29N. The van der Waals surface area contributed by atoms with Crippen LogP contribution in [0.25, 0.3) is 0 Å². The molecule has 0 bridgehead atoms. The molecule has 1 saturated carbocycles. The summed E-state index contributed by atoms with van der Waals surface area (Å²) < 4.78 is 0. The van der Waals surface area contributed by atoms with E-state index in [2.05, 4.69) is 57.4 Å². The summed E-state index contributed by atoms with van der Waals surface area (Å²) in [5.41, 5.74) is 3.20. The van der Waals surface area contributed by atoms with Crippen LogP contribution in [0.4, 0.5) is 0 Å². The van der Waals surface area contributed by atoms with Gasteiger partial charge in [-0.25, -0.2) is 0 Å². The van der Waals surface area contributed by atoms with Crippen LogP contribution >= 0.6 is 0 Å². The Hall–Kier alpha value is -0.820. The smallest absolute Gasteiger partial charge is 0.0320 e. The zero-order valence-corrected chi connectivity index (χ0v) is 13.0. The lowest BCUT2D eigenvalue weighted by Gasteiger charge is -2.30. The van der Waals surface area contributed by atoms with Crippen LogP contribution in [0.15, 0.2) is 24.3 Å². The minimum Gasteiger partial charge on any atom is -0.313 e. The topological polar surface area (TPSA) is 12.0 Å². The molecule has 1 atom stereocenters. The number of hydrogen-bond donors (Lipinski definition) is 1. The first-order chi connectivity index (χ1) is 9.06. The third kappa shape index (κ3) is 3.39. The van der Waals surface area contributed by atoms with E-state index in [0.717, 1.165) is 5.92 Å². The van der Waals surface area contributed by atoms with Crippen molar-refractivity contribution in [1.29, 1.82) is 0 Å². The number of hydrogen-bond acceptors (Lipinski definition) is 1. The van der Waals surface area contributed by atoms with Crippen molar-refractivity contribution in [2.24, 2.45) is 5.92 Å². The second-order valence-corrected chi connectivity index (χ2v) is 6.73. The molecule has 2 rings (SSSR count). The Balaban J connectivity index is 2.07. The molecule has 0 aliphatic heterocycles. The Labute approximate surface area is 118 Å². The van der Waals surface area contributed by atoms with Crippen LogP contribution in [-0.4, -0.2) is 7.05 Å². The van der Waals surface area contributed by atoms with Gasteiger partial charge in [0.05, 0.1) is 0 Å². The summed E-state index contributed by atoms with van der Waals surface area (Å²) in [6, 6.07) is 9.83. The molecule has 0 spiro atoms. The fourth-order valence-corrected chi connectivity index (χ4v) is 2.85. The van der Waals surface area contributed by atoms with E-state index in [9.17, 15) is 0 Å². The van der Waals surface area contributed by atoms with Gasteiger partial charge in [0.2, 0.25) is 0 Å². The van der Waals surface area contributed by atoms with Gasteiger partial charge in [0.1, 0.15) is 0 Å². The Morgan fingerprint density at radius 1 is 1.21 bits per heavy atom. The molecule has 1 unspecified atom stereocenters. The minimum absolute atomic E-state index is 0.293. The van der Waals surface area contributed by atoms with Gasteiger partial charge in [-0.15, -0.1) is 0 Å². The minimum atomic E-state index is 0.293. The number of benzene rings is 1. The summed E-state index contributed by atoms with van der Waals surface area (Å²) in [7, 11) is 2.09. The van der Waals surface area contributed by atoms with Gasteiger partial charge in [-0.3, -0.25) is 0 Å². The number of nitrogens with one attached hydrogen (secondary N) is 1. The average molecular weight is 259 g/mol. The number of rotatable bonds is 6. The second kappa shape index (κ2) is 6.09. The van der Waals surface area contributed by atoms with Gasteiger partial charge >= 0.3 is 0 Å². The molecule has 1 aliphatic carbocycles. The second-order valence-electron chi connectivity index (χ2n) is 6.73. The zero-order chi connectivity index (χ0) is 13.9. The fourth-order valence-electron chi connectivity index (χ4n) is 2.85. The van der Waals surface area contributed by atoms with Crippen LogP contribution in [0.2, 0.25) is 0 Å². The summed E-state index contributed by atoms with van der Waals surface area (Å²) >= 11 is 0. The predicted octanol–water partition coefficient (Wildman–Crippen LogP) is 4.82. The third-order valence-corrected chi connectivity index (χ3v) is 5.12. The first kappa shape index (κ1) is 14.6. The van der Waals surface area contributed by atoms with Crippen molar-refractivity contribution < 1.29 is 0 Å². The van der Waals surface area contributed by atoms with Gasteiger partial charge in [-0.2, -0.15) is 0 Å². The molecule has 106 valence electrons. The van der Waals surface area contributed by atoms with Gasteiger partial charge in [-0.05, 0) is 42.3 Å². The van der Waals surface area contributed by atoms with Crippen LogP contribution in [0.3, 0.4) is 0 Å². The highest BCUT2D eigenvalue weighted by Crippen LogP contribution is 2.35. The van der Waals surface area contributed by atoms with E-state index in [1.807, 2.05) is 0 Å². The highest BCUT2D eigenvalue weighted by molar-refractivity contribution is 5.29. The normalized spacial score (nSPS) is 18.1.